The topological polar surface area (TPSA) is 28.2 Å². The summed E-state index contributed by atoms with van der Waals surface area (Å²) in [5.41, 5.74) is 1.33. The molecule has 0 aliphatic carbocycles. The molecular formula is C13H21N3. The lowest BCUT2D eigenvalue weighted by atomic mass is 10.2. The molecule has 2 rings (SSSR count). The van der Waals surface area contributed by atoms with Crippen molar-refractivity contribution in [1.82, 2.24) is 9.88 Å². The zero-order valence-electron chi connectivity index (χ0n) is 10.1. The van der Waals surface area contributed by atoms with E-state index in [4.69, 9.17) is 0 Å². The van der Waals surface area contributed by atoms with E-state index < -0.39 is 0 Å². The van der Waals surface area contributed by atoms with Crippen LogP contribution >= 0.6 is 0 Å². The maximum Gasteiger partial charge on any atom is 0.130 e. The Morgan fingerprint density at radius 3 is 2.94 bits per heavy atom. The van der Waals surface area contributed by atoms with Crippen molar-refractivity contribution in [2.45, 2.75) is 32.7 Å². The molecule has 3 nitrogen and oxygen atoms in total. The van der Waals surface area contributed by atoms with Crippen LogP contribution in [0.25, 0.3) is 0 Å². The number of pyridine rings is 1. The zero-order valence-corrected chi connectivity index (χ0v) is 10.1. The maximum absolute atomic E-state index is 4.42. The van der Waals surface area contributed by atoms with E-state index in [9.17, 15) is 0 Å². The predicted molar refractivity (Wildman–Crippen MR) is 67.5 cm³/mol. The van der Waals surface area contributed by atoms with E-state index in [0.717, 1.165) is 25.3 Å². The Morgan fingerprint density at radius 2 is 2.19 bits per heavy atom. The third kappa shape index (κ3) is 2.95. The van der Waals surface area contributed by atoms with Crippen LogP contribution in [-0.4, -0.2) is 29.5 Å². The van der Waals surface area contributed by atoms with Crippen LogP contribution in [0, 0.1) is 0 Å². The van der Waals surface area contributed by atoms with Gasteiger partial charge in [0.15, 0.2) is 0 Å². The van der Waals surface area contributed by atoms with E-state index >= 15 is 0 Å². The van der Waals surface area contributed by atoms with Gasteiger partial charge in [-0.25, -0.2) is 4.98 Å². The number of hydrogen-bond donors (Lipinski definition) is 1. The van der Waals surface area contributed by atoms with E-state index in [-0.39, 0.29) is 0 Å². The molecule has 2 heterocycles. The highest BCUT2D eigenvalue weighted by Crippen LogP contribution is 2.17. The molecule has 1 N–H and O–H groups in total. The maximum atomic E-state index is 4.42. The molecule has 3 heteroatoms. The van der Waals surface area contributed by atoms with Gasteiger partial charge in [0.2, 0.25) is 0 Å². The van der Waals surface area contributed by atoms with Crippen LogP contribution in [0.15, 0.2) is 18.3 Å². The fraction of sp³-hybridized carbons (Fsp3) is 0.615. The highest BCUT2D eigenvalue weighted by molar-refractivity contribution is 5.43. The second-order valence-electron chi connectivity index (χ2n) is 4.42. The minimum atomic E-state index is 1.00. The number of aromatic nitrogens is 1. The second-order valence-corrected chi connectivity index (χ2v) is 4.42. The highest BCUT2D eigenvalue weighted by atomic mass is 15.1. The Balaban J connectivity index is 2.00. The Hall–Kier alpha value is -1.09. The average molecular weight is 219 g/mol. The summed E-state index contributed by atoms with van der Waals surface area (Å²) in [6.07, 6.45) is 5.70. The molecule has 1 fully saturated rings. The summed E-state index contributed by atoms with van der Waals surface area (Å²) in [6.45, 7) is 6.70. The molecule has 0 unspecified atom stereocenters. The van der Waals surface area contributed by atoms with Crippen molar-refractivity contribution < 1.29 is 0 Å². The van der Waals surface area contributed by atoms with Gasteiger partial charge in [-0.15, -0.1) is 0 Å². The fourth-order valence-corrected chi connectivity index (χ4v) is 2.15. The van der Waals surface area contributed by atoms with Crippen LogP contribution in [0.4, 0.5) is 5.82 Å². The Bertz CT molecular complexity index is 319. The average Bonchev–Trinajstić information content (AvgIpc) is 2.81. The smallest absolute Gasteiger partial charge is 0.130 e. The number of rotatable bonds is 5. The molecule has 0 bridgehead atoms. The Labute approximate surface area is 97.9 Å². The van der Waals surface area contributed by atoms with Crippen molar-refractivity contribution in [2.75, 3.05) is 25.0 Å². The van der Waals surface area contributed by atoms with Crippen LogP contribution in [0.2, 0.25) is 0 Å². The molecule has 1 aromatic rings. The van der Waals surface area contributed by atoms with Crippen molar-refractivity contribution in [2.24, 2.45) is 0 Å². The van der Waals surface area contributed by atoms with Gasteiger partial charge in [-0.3, -0.25) is 4.90 Å². The van der Waals surface area contributed by atoms with Crippen LogP contribution in [0.3, 0.4) is 0 Å². The van der Waals surface area contributed by atoms with E-state index in [1.807, 2.05) is 12.3 Å². The first kappa shape index (κ1) is 11.4. The quantitative estimate of drug-likeness (QED) is 0.824. The largest absolute Gasteiger partial charge is 0.370 e. The fourth-order valence-electron chi connectivity index (χ4n) is 2.15. The molecule has 1 aliphatic heterocycles. The summed E-state index contributed by atoms with van der Waals surface area (Å²) in [5.74, 6) is 1.07. The third-order valence-electron chi connectivity index (χ3n) is 3.03. The summed E-state index contributed by atoms with van der Waals surface area (Å²) in [4.78, 5) is 6.93. The monoisotopic (exact) mass is 219 g/mol. The van der Waals surface area contributed by atoms with Crippen molar-refractivity contribution in [3.8, 4) is 0 Å². The summed E-state index contributed by atoms with van der Waals surface area (Å²) in [6, 6.07) is 4.21. The van der Waals surface area contributed by atoms with Gasteiger partial charge in [-0.05, 0) is 38.4 Å². The van der Waals surface area contributed by atoms with Gasteiger partial charge in [0.25, 0.3) is 0 Å². The summed E-state index contributed by atoms with van der Waals surface area (Å²) in [5, 5.41) is 3.40. The SMILES string of the molecule is CCCNc1ncccc1CN1CCCC1. The summed E-state index contributed by atoms with van der Waals surface area (Å²) in [7, 11) is 0. The molecule has 0 spiro atoms. The Morgan fingerprint density at radius 1 is 1.38 bits per heavy atom. The molecule has 1 saturated heterocycles. The standard InChI is InChI=1S/C13H21N3/c1-2-7-14-13-12(6-5-8-15-13)11-16-9-3-4-10-16/h5-6,8H,2-4,7,9-11H2,1H3,(H,14,15). The lowest BCUT2D eigenvalue weighted by Crippen LogP contribution is -2.19. The highest BCUT2D eigenvalue weighted by Gasteiger charge is 2.13. The number of anilines is 1. The first-order valence-electron chi connectivity index (χ1n) is 6.30. The van der Waals surface area contributed by atoms with E-state index in [2.05, 4.69) is 28.2 Å². The molecule has 0 aromatic carbocycles. The van der Waals surface area contributed by atoms with Gasteiger partial charge in [0, 0.05) is 24.8 Å². The van der Waals surface area contributed by atoms with Gasteiger partial charge < -0.3 is 5.32 Å². The molecule has 0 saturated carbocycles. The van der Waals surface area contributed by atoms with Crippen LogP contribution in [-0.2, 0) is 6.54 Å². The number of nitrogens with one attached hydrogen (secondary N) is 1. The van der Waals surface area contributed by atoms with Gasteiger partial charge in [-0.1, -0.05) is 13.0 Å². The number of hydrogen-bond acceptors (Lipinski definition) is 3. The van der Waals surface area contributed by atoms with Crippen LogP contribution < -0.4 is 5.32 Å². The van der Waals surface area contributed by atoms with Gasteiger partial charge in [0.05, 0.1) is 0 Å². The molecule has 0 radical (unpaired) electrons. The third-order valence-corrected chi connectivity index (χ3v) is 3.03. The summed E-state index contributed by atoms with van der Waals surface area (Å²) < 4.78 is 0. The van der Waals surface area contributed by atoms with Crippen molar-refractivity contribution in [1.29, 1.82) is 0 Å². The van der Waals surface area contributed by atoms with E-state index in [0.29, 0.717) is 0 Å². The normalized spacial score (nSPS) is 16.6. The molecule has 1 aliphatic rings. The first-order valence-corrected chi connectivity index (χ1v) is 6.30. The van der Waals surface area contributed by atoms with Gasteiger partial charge in [-0.2, -0.15) is 0 Å². The van der Waals surface area contributed by atoms with Crippen molar-refractivity contribution >= 4 is 5.82 Å². The molecular weight excluding hydrogens is 198 g/mol. The van der Waals surface area contributed by atoms with Gasteiger partial charge in [0.1, 0.15) is 5.82 Å². The molecule has 88 valence electrons. The van der Waals surface area contributed by atoms with Crippen molar-refractivity contribution in [3.63, 3.8) is 0 Å². The zero-order chi connectivity index (χ0) is 11.2. The number of nitrogens with zero attached hydrogens (tertiary/aromatic N) is 2. The van der Waals surface area contributed by atoms with E-state index in [1.165, 1.54) is 31.5 Å². The minimum absolute atomic E-state index is 1.00. The molecule has 16 heavy (non-hydrogen) atoms. The number of likely N-dealkylation sites (tertiary alicyclic amines) is 1. The first-order chi connectivity index (χ1) is 7.90. The molecule has 0 atom stereocenters. The predicted octanol–water partition coefficient (Wildman–Crippen LogP) is 2.50. The second kappa shape index (κ2) is 5.85. The van der Waals surface area contributed by atoms with Crippen molar-refractivity contribution in [3.05, 3.63) is 23.9 Å². The van der Waals surface area contributed by atoms with E-state index in [1.54, 1.807) is 0 Å². The minimum Gasteiger partial charge on any atom is -0.370 e. The summed E-state index contributed by atoms with van der Waals surface area (Å²) >= 11 is 0. The Kier molecular flexibility index (Phi) is 4.17. The lowest BCUT2D eigenvalue weighted by Gasteiger charge is -2.17. The molecule has 0 amide bonds. The van der Waals surface area contributed by atoms with Crippen LogP contribution in [0.1, 0.15) is 31.7 Å². The molecule has 1 aromatic heterocycles. The van der Waals surface area contributed by atoms with Gasteiger partial charge >= 0.3 is 0 Å². The van der Waals surface area contributed by atoms with Crippen LogP contribution in [0.5, 0.6) is 0 Å². The lowest BCUT2D eigenvalue weighted by molar-refractivity contribution is 0.331.